The van der Waals surface area contributed by atoms with Gasteiger partial charge in [0, 0.05) is 37.3 Å². The van der Waals surface area contributed by atoms with E-state index >= 15 is 0 Å². The molecule has 34 heavy (non-hydrogen) atoms. The Morgan fingerprint density at radius 1 is 1.06 bits per heavy atom. The molecule has 2 unspecified atom stereocenters. The average Bonchev–Trinajstić information content (AvgIpc) is 3.33. The van der Waals surface area contributed by atoms with Gasteiger partial charge in [0.15, 0.2) is 5.65 Å². The van der Waals surface area contributed by atoms with Crippen molar-refractivity contribution in [3.8, 4) is 0 Å². The number of anilines is 1. The lowest BCUT2D eigenvalue weighted by Gasteiger charge is -2.39. The van der Waals surface area contributed by atoms with E-state index in [9.17, 15) is 8.42 Å². The fraction of sp³-hybridized carbons (Fsp3) is 0.542. The van der Waals surface area contributed by atoms with Gasteiger partial charge in [0.25, 0.3) is 0 Å². The largest absolute Gasteiger partial charge is 0.378 e. The highest BCUT2D eigenvalue weighted by Crippen LogP contribution is 2.34. The van der Waals surface area contributed by atoms with Gasteiger partial charge in [-0.3, -0.25) is 0 Å². The maximum atomic E-state index is 12.0. The second-order valence-electron chi connectivity index (χ2n) is 9.48. The number of nitrogens with zero attached hydrogens (tertiary/aromatic N) is 5. The van der Waals surface area contributed by atoms with Crippen molar-refractivity contribution in [3.05, 3.63) is 54.5 Å². The van der Waals surface area contributed by atoms with E-state index in [2.05, 4.69) is 55.0 Å². The molecular weight excluding hydrogens is 452 g/mol. The van der Waals surface area contributed by atoms with Crippen LogP contribution in [0.2, 0.25) is 0 Å². The smallest absolute Gasteiger partial charge is 0.228 e. The fourth-order valence-corrected chi connectivity index (χ4v) is 6.18. The van der Waals surface area contributed by atoms with Gasteiger partial charge in [-0.05, 0) is 43.6 Å². The minimum Gasteiger partial charge on any atom is -0.378 e. The van der Waals surface area contributed by atoms with Crippen molar-refractivity contribution in [1.82, 2.24) is 24.3 Å². The number of nitrogens with one attached hydrogen (secondary N) is 1. The molecule has 2 aromatic heterocycles. The SMILES string of the molecule is CS(=O)(=O)NC1CCN(c2nccc3ncnn23)CC1COC1CCC(c2ccccc2)CC1. The Morgan fingerprint density at radius 3 is 2.62 bits per heavy atom. The highest BCUT2D eigenvalue weighted by molar-refractivity contribution is 7.88. The number of fused-ring (bicyclic) bond motifs is 1. The van der Waals surface area contributed by atoms with Crippen molar-refractivity contribution in [2.75, 3.05) is 30.9 Å². The van der Waals surface area contributed by atoms with Gasteiger partial charge in [0.1, 0.15) is 6.33 Å². The van der Waals surface area contributed by atoms with Crippen LogP contribution in [-0.2, 0) is 14.8 Å². The summed E-state index contributed by atoms with van der Waals surface area (Å²) < 4.78 is 35.0. The van der Waals surface area contributed by atoms with Crippen LogP contribution in [0.1, 0.15) is 43.6 Å². The minimum atomic E-state index is -3.31. The molecule has 1 saturated carbocycles. The van der Waals surface area contributed by atoms with Crippen molar-refractivity contribution >= 4 is 21.6 Å². The molecule has 2 aliphatic rings. The van der Waals surface area contributed by atoms with Gasteiger partial charge in [0.2, 0.25) is 16.0 Å². The monoisotopic (exact) mass is 484 g/mol. The Bertz CT molecular complexity index is 1190. The van der Waals surface area contributed by atoms with Crippen LogP contribution in [-0.4, -0.2) is 66.1 Å². The molecule has 10 heteroatoms. The van der Waals surface area contributed by atoms with Gasteiger partial charge in [0.05, 0.1) is 19.0 Å². The number of piperidine rings is 1. The van der Waals surface area contributed by atoms with E-state index in [0.29, 0.717) is 32.0 Å². The van der Waals surface area contributed by atoms with Crippen LogP contribution < -0.4 is 9.62 Å². The standard InChI is InChI=1S/C24H32N6O3S/c1-34(31,32)28-22-12-14-29(24-25-13-11-23-26-17-27-30(23)24)15-20(22)16-33-21-9-7-19(8-10-21)18-5-3-2-4-6-18/h2-6,11,13,17,19-22,28H,7-10,12,14-16H2,1H3. The van der Waals surface area contributed by atoms with Gasteiger partial charge < -0.3 is 9.64 Å². The summed E-state index contributed by atoms with van der Waals surface area (Å²) in [5, 5.41) is 4.31. The summed E-state index contributed by atoms with van der Waals surface area (Å²) in [6.45, 7) is 1.83. The quantitative estimate of drug-likeness (QED) is 0.550. The molecule has 0 bridgehead atoms. The van der Waals surface area contributed by atoms with Gasteiger partial charge in [-0.15, -0.1) is 0 Å². The molecule has 3 heterocycles. The lowest BCUT2D eigenvalue weighted by molar-refractivity contribution is -0.00219. The zero-order valence-electron chi connectivity index (χ0n) is 19.5. The number of benzene rings is 1. The highest BCUT2D eigenvalue weighted by atomic mass is 32.2. The Morgan fingerprint density at radius 2 is 1.85 bits per heavy atom. The first-order valence-electron chi connectivity index (χ1n) is 12.0. The summed E-state index contributed by atoms with van der Waals surface area (Å²) in [4.78, 5) is 10.9. The van der Waals surface area contributed by atoms with Gasteiger partial charge in [-0.25, -0.2) is 23.1 Å². The number of hydrogen-bond donors (Lipinski definition) is 1. The van der Waals surface area contributed by atoms with Crippen LogP contribution in [0.3, 0.4) is 0 Å². The maximum absolute atomic E-state index is 12.0. The van der Waals surface area contributed by atoms with Crippen molar-refractivity contribution < 1.29 is 13.2 Å². The molecule has 1 N–H and O–H groups in total. The molecule has 1 saturated heterocycles. The number of hydrogen-bond acceptors (Lipinski definition) is 7. The molecule has 9 nitrogen and oxygen atoms in total. The van der Waals surface area contributed by atoms with E-state index in [0.717, 1.165) is 37.3 Å². The average molecular weight is 485 g/mol. The summed E-state index contributed by atoms with van der Waals surface area (Å²) in [6.07, 6.45) is 9.66. The molecule has 1 aliphatic heterocycles. The maximum Gasteiger partial charge on any atom is 0.228 e. The lowest BCUT2D eigenvalue weighted by Crippen LogP contribution is -2.53. The van der Waals surface area contributed by atoms with Crippen molar-refractivity contribution in [3.63, 3.8) is 0 Å². The minimum absolute atomic E-state index is 0.0101. The summed E-state index contributed by atoms with van der Waals surface area (Å²) >= 11 is 0. The highest BCUT2D eigenvalue weighted by Gasteiger charge is 2.34. The Hall–Kier alpha value is -2.56. The lowest BCUT2D eigenvalue weighted by atomic mass is 9.82. The Labute approximate surface area is 200 Å². The third-order valence-corrected chi connectivity index (χ3v) is 7.78. The van der Waals surface area contributed by atoms with E-state index in [1.54, 1.807) is 10.7 Å². The van der Waals surface area contributed by atoms with E-state index < -0.39 is 10.0 Å². The van der Waals surface area contributed by atoms with Crippen LogP contribution in [0.4, 0.5) is 5.95 Å². The first-order chi connectivity index (χ1) is 16.5. The predicted octanol–water partition coefficient (Wildman–Crippen LogP) is 2.61. The van der Waals surface area contributed by atoms with E-state index in [1.807, 2.05) is 6.07 Å². The van der Waals surface area contributed by atoms with Crippen LogP contribution in [0.5, 0.6) is 0 Å². The summed E-state index contributed by atoms with van der Waals surface area (Å²) in [5.74, 6) is 1.33. The predicted molar refractivity (Wildman–Crippen MR) is 130 cm³/mol. The zero-order chi connectivity index (χ0) is 23.5. The van der Waals surface area contributed by atoms with E-state index in [-0.39, 0.29) is 18.1 Å². The molecule has 0 spiro atoms. The summed E-state index contributed by atoms with van der Waals surface area (Å²) in [5.41, 5.74) is 2.15. The number of aromatic nitrogens is 4. The summed E-state index contributed by atoms with van der Waals surface area (Å²) in [7, 11) is -3.31. The number of rotatable bonds is 7. The fourth-order valence-electron chi connectivity index (χ4n) is 5.32. The van der Waals surface area contributed by atoms with Crippen molar-refractivity contribution in [1.29, 1.82) is 0 Å². The molecule has 5 rings (SSSR count). The normalized spacial score (nSPS) is 26.1. The second-order valence-corrected chi connectivity index (χ2v) is 11.3. The van der Waals surface area contributed by atoms with Gasteiger partial charge in [-0.1, -0.05) is 30.3 Å². The first-order valence-corrected chi connectivity index (χ1v) is 13.9. The van der Waals surface area contributed by atoms with Crippen LogP contribution in [0.25, 0.3) is 5.65 Å². The molecule has 1 aliphatic carbocycles. The zero-order valence-corrected chi connectivity index (χ0v) is 20.3. The van der Waals surface area contributed by atoms with E-state index in [1.165, 1.54) is 18.1 Å². The number of sulfonamides is 1. The first kappa shape index (κ1) is 23.2. The van der Waals surface area contributed by atoms with Crippen LogP contribution >= 0.6 is 0 Å². The van der Waals surface area contributed by atoms with Crippen molar-refractivity contribution in [2.45, 2.75) is 50.2 Å². The van der Waals surface area contributed by atoms with Gasteiger partial charge in [-0.2, -0.15) is 9.61 Å². The van der Waals surface area contributed by atoms with Crippen molar-refractivity contribution in [2.24, 2.45) is 5.92 Å². The molecule has 0 radical (unpaired) electrons. The van der Waals surface area contributed by atoms with Gasteiger partial charge >= 0.3 is 0 Å². The molecule has 2 atom stereocenters. The molecular formula is C24H32N6O3S. The molecule has 182 valence electrons. The van der Waals surface area contributed by atoms with Crippen LogP contribution in [0.15, 0.2) is 48.9 Å². The van der Waals surface area contributed by atoms with Crippen LogP contribution in [0, 0.1) is 5.92 Å². The molecule has 3 aromatic rings. The third kappa shape index (κ3) is 5.39. The third-order valence-electron chi connectivity index (χ3n) is 7.05. The summed E-state index contributed by atoms with van der Waals surface area (Å²) in [6, 6.07) is 12.4. The topological polar surface area (TPSA) is 102 Å². The molecule has 1 aromatic carbocycles. The Kier molecular flexibility index (Phi) is 6.80. The molecule has 2 fully saturated rings. The Balaban J connectivity index is 1.24. The van der Waals surface area contributed by atoms with E-state index in [4.69, 9.17) is 4.74 Å². The number of ether oxygens (including phenoxy) is 1. The second kappa shape index (κ2) is 9.97. The molecule has 0 amide bonds.